The fraction of sp³-hybridized carbons (Fsp3) is 0.900. The lowest BCUT2D eigenvalue weighted by molar-refractivity contribution is -0.152. The molecule has 1 aliphatic rings. The van der Waals surface area contributed by atoms with Crippen LogP contribution in [0.5, 0.6) is 0 Å². The molecule has 14 heavy (non-hydrogen) atoms. The summed E-state index contributed by atoms with van der Waals surface area (Å²) in [6.07, 6.45) is 0.800. The molecule has 4 heteroatoms. The molecule has 4 N–H and O–H groups in total. The predicted octanol–water partition coefficient (Wildman–Crippen LogP) is 0.585. The van der Waals surface area contributed by atoms with Gasteiger partial charge in [0, 0.05) is 0 Å². The van der Waals surface area contributed by atoms with E-state index in [1.54, 1.807) is 0 Å². The summed E-state index contributed by atoms with van der Waals surface area (Å²) < 4.78 is 0. The Morgan fingerprint density at radius 2 is 1.86 bits per heavy atom. The minimum absolute atomic E-state index is 0.387. The lowest BCUT2D eigenvalue weighted by Crippen LogP contribution is -2.58. The van der Waals surface area contributed by atoms with E-state index in [4.69, 9.17) is 10.8 Å². The van der Waals surface area contributed by atoms with Gasteiger partial charge in [0.15, 0.2) is 6.10 Å². The Labute approximate surface area is 84.1 Å². The molecule has 1 aliphatic carbocycles. The topological polar surface area (TPSA) is 83.5 Å². The van der Waals surface area contributed by atoms with Crippen LogP contribution in [-0.4, -0.2) is 27.8 Å². The van der Waals surface area contributed by atoms with Crippen molar-refractivity contribution in [2.24, 2.45) is 17.6 Å². The van der Waals surface area contributed by atoms with Crippen LogP contribution in [0.2, 0.25) is 0 Å². The maximum absolute atomic E-state index is 10.7. The van der Waals surface area contributed by atoms with Gasteiger partial charge in [0.25, 0.3) is 0 Å². The molecule has 3 atom stereocenters. The number of nitrogens with two attached hydrogens (primary N) is 1. The quantitative estimate of drug-likeness (QED) is 0.610. The van der Waals surface area contributed by atoms with Gasteiger partial charge >= 0.3 is 5.97 Å². The van der Waals surface area contributed by atoms with Crippen molar-refractivity contribution < 1.29 is 15.0 Å². The summed E-state index contributed by atoms with van der Waals surface area (Å²) in [6, 6.07) is 0. The molecule has 0 radical (unpaired) electrons. The highest BCUT2D eigenvalue weighted by molar-refractivity contribution is 5.73. The third-order valence-corrected chi connectivity index (χ3v) is 3.04. The molecule has 1 rings (SSSR count). The van der Waals surface area contributed by atoms with Crippen molar-refractivity contribution in [1.29, 1.82) is 0 Å². The number of rotatable bonds is 2. The van der Waals surface area contributed by atoms with Crippen molar-refractivity contribution in [3.05, 3.63) is 0 Å². The van der Waals surface area contributed by atoms with Crippen LogP contribution in [-0.2, 0) is 4.79 Å². The SMILES string of the molecule is CC1CC(C)CC(N)(C(O)C(=O)O)C1. The lowest BCUT2D eigenvalue weighted by atomic mass is 9.69. The standard InChI is InChI=1S/C10H19NO3/c1-6-3-7(2)5-10(11,4-6)8(12)9(13)14/h6-8,12H,3-5,11H2,1-2H3,(H,13,14). The highest BCUT2D eigenvalue weighted by Gasteiger charge is 2.43. The average Bonchev–Trinajstić information content (AvgIpc) is 1.99. The summed E-state index contributed by atoms with van der Waals surface area (Å²) in [5.41, 5.74) is 5.01. The van der Waals surface area contributed by atoms with Gasteiger partial charge in [-0.2, -0.15) is 0 Å². The van der Waals surface area contributed by atoms with Gasteiger partial charge in [0.1, 0.15) is 0 Å². The van der Waals surface area contributed by atoms with E-state index in [1.165, 1.54) is 0 Å². The van der Waals surface area contributed by atoms with E-state index >= 15 is 0 Å². The molecule has 1 fully saturated rings. The van der Waals surface area contributed by atoms with E-state index in [2.05, 4.69) is 0 Å². The van der Waals surface area contributed by atoms with Crippen LogP contribution in [0.15, 0.2) is 0 Å². The first kappa shape index (κ1) is 11.5. The van der Waals surface area contributed by atoms with Gasteiger partial charge in [-0.1, -0.05) is 13.8 Å². The van der Waals surface area contributed by atoms with Gasteiger partial charge in [-0.25, -0.2) is 4.79 Å². The van der Waals surface area contributed by atoms with Crippen LogP contribution < -0.4 is 5.73 Å². The Morgan fingerprint density at radius 1 is 1.43 bits per heavy atom. The van der Waals surface area contributed by atoms with Crippen molar-refractivity contribution in [2.45, 2.75) is 44.8 Å². The molecular formula is C10H19NO3. The second-order valence-corrected chi connectivity index (χ2v) is 4.83. The zero-order valence-corrected chi connectivity index (χ0v) is 8.73. The zero-order valence-electron chi connectivity index (χ0n) is 8.73. The molecule has 0 aromatic rings. The van der Waals surface area contributed by atoms with Crippen molar-refractivity contribution in [3.63, 3.8) is 0 Å². The van der Waals surface area contributed by atoms with Crippen LogP contribution >= 0.6 is 0 Å². The second kappa shape index (κ2) is 3.87. The molecule has 0 heterocycles. The molecule has 0 aliphatic heterocycles. The molecule has 0 saturated heterocycles. The Balaban J connectivity index is 2.76. The van der Waals surface area contributed by atoms with Gasteiger partial charge in [0.05, 0.1) is 5.54 Å². The summed E-state index contributed by atoms with van der Waals surface area (Å²) in [6.45, 7) is 4.09. The Hall–Kier alpha value is -0.610. The molecule has 3 unspecified atom stereocenters. The number of carboxylic acid groups (broad SMARTS) is 1. The van der Waals surface area contributed by atoms with E-state index < -0.39 is 17.6 Å². The van der Waals surface area contributed by atoms with Crippen LogP contribution in [0.25, 0.3) is 0 Å². The largest absolute Gasteiger partial charge is 0.479 e. The van der Waals surface area contributed by atoms with Crippen molar-refractivity contribution in [2.75, 3.05) is 0 Å². The number of aliphatic carboxylic acids is 1. The highest BCUT2D eigenvalue weighted by atomic mass is 16.4. The summed E-state index contributed by atoms with van der Waals surface area (Å²) in [5.74, 6) is -0.440. The molecule has 0 bridgehead atoms. The predicted molar refractivity (Wildman–Crippen MR) is 52.7 cm³/mol. The molecule has 0 spiro atoms. The van der Waals surface area contributed by atoms with Gasteiger partial charge in [0.2, 0.25) is 0 Å². The fourth-order valence-electron chi connectivity index (χ4n) is 2.70. The Morgan fingerprint density at radius 3 is 2.21 bits per heavy atom. The molecule has 0 aromatic heterocycles. The van der Waals surface area contributed by atoms with Gasteiger partial charge in [-0.15, -0.1) is 0 Å². The van der Waals surface area contributed by atoms with Gasteiger partial charge in [-0.3, -0.25) is 0 Å². The molecule has 0 amide bonds. The fourth-order valence-corrected chi connectivity index (χ4v) is 2.70. The number of hydrogen-bond acceptors (Lipinski definition) is 3. The number of aliphatic hydroxyl groups is 1. The van der Waals surface area contributed by atoms with E-state index in [9.17, 15) is 9.90 Å². The van der Waals surface area contributed by atoms with Crippen LogP contribution in [0.3, 0.4) is 0 Å². The third-order valence-electron chi connectivity index (χ3n) is 3.04. The van der Waals surface area contributed by atoms with E-state index in [0.717, 1.165) is 6.42 Å². The molecule has 4 nitrogen and oxygen atoms in total. The van der Waals surface area contributed by atoms with Gasteiger partial charge in [-0.05, 0) is 31.1 Å². The van der Waals surface area contributed by atoms with E-state index in [1.807, 2.05) is 13.8 Å². The van der Waals surface area contributed by atoms with Crippen molar-refractivity contribution in [3.8, 4) is 0 Å². The van der Waals surface area contributed by atoms with Crippen LogP contribution in [0, 0.1) is 11.8 Å². The normalized spacial score (nSPS) is 40.6. The Kier molecular flexibility index (Phi) is 3.17. The third kappa shape index (κ3) is 2.25. The van der Waals surface area contributed by atoms with E-state index in [-0.39, 0.29) is 0 Å². The minimum Gasteiger partial charge on any atom is -0.479 e. The monoisotopic (exact) mass is 201 g/mol. The summed E-state index contributed by atoms with van der Waals surface area (Å²) in [4.78, 5) is 10.7. The lowest BCUT2D eigenvalue weighted by Gasteiger charge is -2.41. The second-order valence-electron chi connectivity index (χ2n) is 4.83. The molecule has 0 aromatic carbocycles. The minimum atomic E-state index is -1.44. The number of carbonyl (C=O) groups is 1. The summed E-state index contributed by atoms with van der Waals surface area (Å²) in [5, 5.41) is 18.3. The zero-order chi connectivity index (χ0) is 10.9. The van der Waals surface area contributed by atoms with Crippen molar-refractivity contribution in [1.82, 2.24) is 0 Å². The maximum Gasteiger partial charge on any atom is 0.334 e. The first-order chi connectivity index (χ1) is 6.35. The summed E-state index contributed by atoms with van der Waals surface area (Å²) in [7, 11) is 0. The average molecular weight is 201 g/mol. The molecule has 82 valence electrons. The van der Waals surface area contributed by atoms with Crippen LogP contribution in [0.4, 0.5) is 0 Å². The smallest absolute Gasteiger partial charge is 0.334 e. The Bertz CT molecular complexity index is 219. The number of hydrogen-bond donors (Lipinski definition) is 3. The number of aliphatic hydroxyl groups excluding tert-OH is 1. The first-order valence-electron chi connectivity index (χ1n) is 5.05. The highest BCUT2D eigenvalue weighted by Crippen LogP contribution is 2.36. The van der Waals surface area contributed by atoms with Crippen molar-refractivity contribution >= 4 is 5.97 Å². The number of carboxylic acids is 1. The van der Waals surface area contributed by atoms with E-state index in [0.29, 0.717) is 24.7 Å². The van der Waals surface area contributed by atoms with Crippen LogP contribution in [0.1, 0.15) is 33.1 Å². The molecule has 1 saturated carbocycles. The summed E-state index contributed by atoms with van der Waals surface area (Å²) >= 11 is 0. The van der Waals surface area contributed by atoms with Gasteiger partial charge < -0.3 is 15.9 Å². The molecular weight excluding hydrogens is 182 g/mol. The maximum atomic E-state index is 10.7. The first-order valence-corrected chi connectivity index (χ1v) is 5.05.